The van der Waals surface area contributed by atoms with Crippen molar-refractivity contribution in [2.24, 2.45) is 0 Å². The minimum Gasteiger partial charge on any atom is -0.493 e. The topological polar surface area (TPSA) is 18.5 Å². The molecule has 0 unspecified atom stereocenters. The maximum atomic E-state index is 14.1. The quantitative estimate of drug-likeness (QED) is 0.535. The molecule has 0 heterocycles. The van der Waals surface area contributed by atoms with E-state index < -0.39 is 0 Å². The van der Waals surface area contributed by atoms with Gasteiger partial charge in [-0.2, -0.15) is 0 Å². The van der Waals surface area contributed by atoms with E-state index in [1.165, 1.54) is 0 Å². The molecule has 132 valence electrons. The van der Waals surface area contributed by atoms with Crippen LogP contribution in [0, 0.1) is 0 Å². The van der Waals surface area contributed by atoms with Crippen molar-refractivity contribution in [1.82, 2.24) is 0 Å². The zero-order chi connectivity index (χ0) is 17.9. The van der Waals surface area contributed by atoms with Gasteiger partial charge in [-0.3, -0.25) is 0 Å². The molecule has 1 aromatic carbocycles. The Balaban J connectivity index is 1.91. The molecule has 0 amide bonds. The number of hydrogen-bond acceptors (Lipinski definition) is 2. The zero-order valence-corrected chi connectivity index (χ0v) is 14.9. The lowest BCUT2D eigenvalue weighted by Crippen LogP contribution is -2.04. The van der Waals surface area contributed by atoms with Gasteiger partial charge in [0.15, 0.2) is 5.76 Å². The third-order valence-corrected chi connectivity index (χ3v) is 3.74. The monoisotopic (exact) mass is 340 g/mol. The average Bonchev–Trinajstić information content (AvgIpc) is 2.79. The Hall–Kier alpha value is -2.55. The van der Waals surface area contributed by atoms with Crippen LogP contribution in [0.4, 0.5) is 4.39 Å². The van der Waals surface area contributed by atoms with Gasteiger partial charge in [0.05, 0.1) is 6.61 Å². The molecule has 0 aromatic heterocycles. The fourth-order valence-electron chi connectivity index (χ4n) is 2.27. The fraction of sp³-hybridized carbons (Fsp3) is 0.273. The Bertz CT molecular complexity index is 694. The highest BCUT2D eigenvalue weighted by atomic mass is 19.1. The Kier molecular flexibility index (Phi) is 7.77. The number of benzene rings is 1. The van der Waals surface area contributed by atoms with Crippen LogP contribution in [0.15, 0.2) is 89.5 Å². The summed E-state index contributed by atoms with van der Waals surface area (Å²) in [6, 6.07) is 9.70. The van der Waals surface area contributed by atoms with Crippen molar-refractivity contribution in [3.8, 4) is 5.75 Å². The molecule has 0 saturated heterocycles. The van der Waals surface area contributed by atoms with Crippen LogP contribution in [0.1, 0.15) is 26.7 Å². The van der Waals surface area contributed by atoms with Crippen LogP contribution in [0.25, 0.3) is 0 Å². The van der Waals surface area contributed by atoms with Gasteiger partial charge >= 0.3 is 0 Å². The van der Waals surface area contributed by atoms with Crippen LogP contribution in [0.3, 0.4) is 0 Å². The first-order valence-corrected chi connectivity index (χ1v) is 8.54. The summed E-state index contributed by atoms with van der Waals surface area (Å²) >= 11 is 0. The summed E-state index contributed by atoms with van der Waals surface area (Å²) in [5.74, 6) is 0.915. The maximum absolute atomic E-state index is 14.1. The standard InChI is InChI=1S/C22H25FO2/c1-3-4-8-19(15-16-24-20-9-6-5-7-10-20)17-25-22-14-12-18(2)11-13-21(22)23/h3-12,14H,13,15-17H2,1-2H3/b4-3-,19-8+. The van der Waals surface area contributed by atoms with Gasteiger partial charge in [-0.1, -0.05) is 54.2 Å². The van der Waals surface area contributed by atoms with Gasteiger partial charge in [0.2, 0.25) is 0 Å². The fourth-order valence-corrected chi connectivity index (χ4v) is 2.27. The molecule has 0 N–H and O–H groups in total. The van der Waals surface area contributed by atoms with Crippen LogP contribution in [0.2, 0.25) is 0 Å². The van der Waals surface area contributed by atoms with Crippen molar-refractivity contribution < 1.29 is 13.9 Å². The second-order valence-electron chi connectivity index (χ2n) is 5.81. The molecule has 3 heteroatoms. The summed E-state index contributed by atoms with van der Waals surface area (Å²) in [5.41, 5.74) is 2.09. The third-order valence-electron chi connectivity index (χ3n) is 3.74. The Morgan fingerprint density at radius 1 is 1.16 bits per heavy atom. The Labute approximate surface area is 149 Å². The predicted octanol–water partition coefficient (Wildman–Crippen LogP) is 6.06. The van der Waals surface area contributed by atoms with Crippen molar-refractivity contribution in [3.63, 3.8) is 0 Å². The van der Waals surface area contributed by atoms with Crippen LogP contribution in [-0.2, 0) is 4.74 Å². The number of rotatable bonds is 8. The molecule has 1 aliphatic rings. The highest BCUT2D eigenvalue weighted by Crippen LogP contribution is 2.21. The molecule has 0 bridgehead atoms. The van der Waals surface area contributed by atoms with E-state index in [0.29, 0.717) is 19.0 Å². The molecule has 1 aliphatic carbocycles. The molecule has 25 heavy (non-hydrogen) atoms. The van der Waals surface area contributed by atoms with Gasteiger partial charge in [0.1, 0.15) is 18.2 Å². The van der Waals surface area contributed by atoms with Crippen molar-refractivity contribution in [2.45, 2.75) is 26.7 Å². The minimum absolute atomic E-state index is 0.237. The summed E-state index contributed by atoms with van der Waals surface area (Å²) in [5, 5.41) is 0. The number of allylic oxidation sites excluding steroid dienone is 8. The second-order valence-corrected chi connectivity index (χ2v) is 5.81. The van der Waals surface area contributed by atoms with E-state index in [1.807, 2.05) is 74.6 Å². The molecular weight excluding hydrogens is 315 g/mol. The second kappa shape index (κ2) is 10.3. The summed E-state index contributed by atoms with van der Waals surface area (Å²) in [6.45, 7) is 4.80. The van der Waals surface area contributed by atoms with Crippen molar-refractivity contribution in [1.29, 1.82) is 0 Å². The maximum Gasteiger partial charge on any atom is 0.151 e. The molecule has 0 saturated carbocycles. The van der Waals surface area contributed by atoms with E-state index >= 15 is 0 Å². The van der Waals surface area contributed by atoms with Crippen LogP contribution >= 0.6 is 0 Å². The van der Waals surface area contributed by atoms with E-state index in [-0.39, 0.29) is 12.2 Å². The molecule has 0 atom stereocenters. The van der Waals surface area contributed by atoms with E-state index in [9.17, 15) is 4.39 Å². The van der Waals surface area contributed by atoms with Crippen LogP contribution in [-0.4, -0.2) is 13.2 Å². The molecular formula is C22H25FO2. The Morgan fingerprint density at radius 3 is 2.72 bits per heavy atom. The van der Waals surface area contributed by atoms with Crippen molar-refractivity contribution >= 4 is 0 Å². The predicted molar refractivity (Wildman–Crippen MR) is 101 cm³/mol. The highest BCUT2D eigenvalue weighted by Gasteiger charge is 2.09. The lowest BCUT2D eigenvalue weighted by atomic mass is 10.2. The van der Waals surface area contributed by atoms with E-state index in [0.717, 1.165) is 23.3 Å². The summed E-state index contributed by atoms with van der Waals surface area (Å²) in [6.07, 6.45) is 12.3. The molecule has 0 fully saturated rings. The van der Waals surface area contributed by atoms with Crippen LogP contribution < -0.4 is 4.74 Å². The molecule has 0 radical (unpaired) electrons. The normalized spacial score (nSPS) is 15.3. The van der Waals surface area contributed by atoms with Crippen molar-refractivity contribution in [3.05, 3.63) is 89.5 Å². The summed E-state index contributed by atoms with van der Waals surface area (Å²) in [7, 11) is 0. The highest BCUT2D eigenvalue weighted by molar-refractivity contribution is 5.31. The lowest BCUT2D eigenvalue weighted by Gasteiger charge is -2.12. The molecule has 0 aliphatic heterocycles. The number of hydrogen-bond donors (Lipinski definition) is 0. The summed E-state index contributed by atoms with van der Waals surface area (Å²) < 4.78 is 25.5. The van der Waals surface area contributed by atoms with Gasteiger partial charge in [0, 0.05) is 12.8 Å². The van der Waals surface area contributed by atoms with Crippen molar-refractivity contribution in [2.75, 3.05) is 13.2 Å². The number of ether oxygens (including phenoxy) is 2. The van der Waals surface area contributed by atoms with Crippen LogP contribution in [0.5, 0.6) is 5.75 Å². The molecule has 0 spiro atoms. The largest absolute Gasteiger partial charge is 0.493 e. The summed E-state index contributed by atoms with van der Waals surface area (Å²) in [4.78, 5) is 0. The average molecular weight is 340 g/mol. The first kappa shape index (κ1) is 18.8. The molecule has 2 rings (SSSR count). The number of halogens is 1. The van der Waals surface area contributed by atoms with Gasteiger partial charge in [-0.15, -0.1) is 0 Å². The zero-order valence-electron chi connectivity index (χ0n) is 14.9. The smallest absolute Gasteiger partial charge is 0.151 e. The van der Waals surface area contributed by atoms with Gasteiger partial charge in [-0.05, 0) is 37.6 Å². The van der Waals surface area contributed by atoms with Gasteiger partial charge in [-0.25, -0.2) is 4.39 Å². The molecule has 1 aromatic rings. The first-order valence-electron chi connectivity index (χ1n) is 8.54. The van der Waals surface area contributed by atoms with Gasteiger partial charge < -0.3 is 9.47 Å². The van der Waals surface area contributed by atoms with E-state index in [1.54, 1.807) is 6.08 Å². The van der Waals surface area contributed by atoms with E-state index in [2.05, 4.69) is 0 Å². The Morgan fingerprint density at radius 2 is 1.96 bits per heavy atom. The minimum atomic E-state index is -0.237. The molecule has 2 nitrogen and oxygen atoms in total. The SMILES string of the molecule is C/C=C\C=C(/CCOc1ccccc1)COC1=C(F)CC=C(C)C=C1. The third kappa shape index (κ3) is 6.84. The van der Waals surface area contributed by atoms with Gasteiger partial charge in [0.25, 0.3) is 0 Å². The first-order chi connectivity index (χ1) is 12.2. The lowest BCUT2D eigenvalue weighted by molar-refractivity contribution is 0.230. The van der Waals surface area contributed by atoms with E-state index in [4.69, 9.17) is 9.47 Å². The number of para-hydroxylation sites is 1.